The molecule has 1 aliphatic rings. The highest BCUT2D eigenvalue weighted by Gasteiger charge is 2.26. The van der Waals surface area contributed by atoms with Crippen molar-refractivity contribution in [3.63, 3.8) is 0 Å². The van der Waals surface area contributed by atoms with Crippen molar-refractivity contribution in [1.29, 1.82) is 0 Å². The number of likely N-dealkylation sites (N-methyl/N-ethyl adjacent to an activating group) is 1. The standard InChI is InChI=1S/C15H18FN3OS/c1-2-18-6-8-19(9-7-18)15(20)14-13(17)12-10(16)4-3-5-11(12)21-14/h3-5H,2,6-9,17H2,1H3. The number of benzene rings is 1. The molecular weight excluding hydrogens is 289 g/mol. The van der Waals surface area contributed by atoms with E-state index in [1.807, 2.05) is 4.90 Å². The van der Waals surface area contributed by atoms with Gasteiger partial charge in [-0.15, -0.1) is 11.3 Å². The number of thiophene rings is 1. The molecule has 0 aliphatic carbocycles. The molecule has 1 fully saturated rings. The molecule has 1 amide bonds. The van der Waals surface area contributed by atoms with E-state index < -0.39 is 0 Å². The number of anilines is 1. The van der Waals surface area contributed by atoms with Gasteiger partial charge in [-0.2, -0.15) is 0 Å². The molecule has 2 heterocycles. The number of piperazine rings is 1. The van der Waals surface area contributed by atoms with E-state index >= 15 is 0 Å². The molecule has 0 atom stereocenters. The number of amides is 1. The van der Waals surface area contributed by atoms with Crippen LogP contribution < -0.4 is 5.73 Å². The van der Waals surface area contributed by atoms with E-state index in [-0.39, 0.29) is 17.4 Å². The van der Waals surface area contributed by atoms with Gasteiger partial charge in [0.1, 0.15) is 10.7 Å². The predicted octanol–water partition coefficient (Wildman–Crippen LogP) is 2.40. The summed E-state index contributed by atoms with van der Waals surface area (Å²) in [7, 11) is 0. The van der Waals surface area contributed by atoms with E-state index in [4.69, 9.17) is 5.73 Å². The second-order valence-electron chi connectivity index (χ2n) is 5.18. The third-order valence-corrected chi connectivity index (χ3v) is 5.16. The summed E-state index contributed by atoms with van der Waals surface area (Å²) in [5, 5.41) is 0.373. The van der Waals surface area contributed by atoms with Crippen molar-refractivity contribution in [3.8, 4) is 0 Å². The predicted molar refractivity (Wildman–Crippen MR) is 84.2 cm³/mol. The number of hydrogen-bond donors (Lipinski definition) is 1. The van der Waals surface area contributed by atoms with Crippen LogP contribution in [0.1, 0.15) is 16.6 Å². The molecule has 2 aromatic rings. The summed E-state index contributed by atoms with van der Waals surface area (Å²) in [5.74, 6) is -0.444. The fourth-order valence-corrected chi connectivity index (χ4v) is 3.80. The number of fused-ring (bicyclic) bond motifs is 1. The monoisotopic (exact) mass is 307 g/mol. The Morgan fingerprint density at radius 2 is 2.05 bits per heavy atom. The Balaban J connectivity index is 1.89. The van der Waals surface area contributed by atoms with E-state index in [1.54, 1.807) is 12.1 Å². The zero-order valence-corrected chi connectivity index (χ0v) is 12.8. The maximum atomic E-state index is 13.9. The van der Waals surface area contributed by atoms with Crippen LogP contribution in [-0.2, 0) is 0 Å². The Morgan fingerprint density at radius 1 is 1.33 bits per heavy atom. The number of nitrogen functional groups attached to an aromatic ring is 1. The zero-order chi connectivity index (χ0) is 15.0. The van der Waals surface area contributed by atoms with Crippen molar-refractivity contribution in [3.05, 3.63) is 28.9 Å². The van der Waals surface area contributed by atoms with Crippen LogP contribution in [0.25, 0.3) is 10.1 Å². The molecule has 0 bridgehead atoms. The first-order valence-electron chi connectivity index (χ1n) is 7.10. The van der Waals surface area contributed by atoms with Gasteiger partial charge in [-0.3, -0.25) is 4.79 Å². The lowest BCUT2D eigenvalue weighted by Crippen LogP contribution is -2.48. The minimum absolute atomic E-state index is 0.0798. The lowest BCUT2D eigenvalue weighted by Gasteiger charge is -2.33. The van der Waals surface area contributed by atoms with E-state index in [1.165, 1.54) is 17.4 Å². The van der Waals surface area contributed by atoms with Crippen molar-refractivity contribution in [2.45, 2.75) is 6.92 Å². The van der Waals surface area contributed by atoms with E-state index in [0.717, 1.165) is 24.3 Å². The van der Waals surface area contributed by atoms with Crippen molar-refractivity contribution < 1.29 is 9.18 Å². The first-order chi connectivity index (χ1) is 10.1. The second-order valence-corrected chi connectivity index (χ2v) is 6.24. The van der Waals surface area contributed by atoms with Gasteiger partial charge in [0.05, 0.1) is 11.1 Å². The maximum Gasteiger partial charge on any atom is 0.266 e. The van der Waals surface area contributed by atoms with Gasteiger partial charge in [-0.25, -0.2) is 4.39 Å². The normalized spacial score (nSPS) is 16.6. The highest BCUT2D eigenvalue weighted by molar-refractivity contribution is 7.21. The Morgan fingerprint density at radius 3 is 2.67 bits per heavy atom. The fourth-order valence-electron chi connectivity index (χ4n) is 2.70. The molecule has 0 radical (unpaired) electrons. The summed E-state index contributed by atoms with van der Waals surface area (Å²) >= 11 is 1.28. The van der Waals surface area contributed by atoms with Gasteiger partial charge in [-0.05, 0) is 18.7 Å². The molecule has 0 saturated carbocycles. The molecule has 0 spiro atoms. The molecule has 1 aromatic carbocycles. The summed E-state index contributed by atoms with van der Waals surface area (Å²) in [6, 6.07) is 4.81. The van der Waals surface area contributed by atoms with E-state index in [9.17, 15) is 9.18 Å². The summed E-state index contributed by atoms with van der Waals surface area (Å²) in [4.78, 5) is 17.2. The van der Waals surface area contributed by atoms with Gasteiger partial charge < -0.3 is 15.5 Å². The van der Waals surface area contributed by atoms with Crippen LogP contribution in [-0.4, -0.2) is 48.4 Å². The van der Waals surface area contributed by atoms with E-state index in [2.05, 4.69) is 11.8 Å². The van der Waals surface area contributed by atoms with Gasteiger partial charge >= 0.3 is 0 Å². The third kappa shape index (κ3) is 2.49. The number of carbonyl (C=O) groups is 1. The van der Waals surface area contributed by atoms with Crippen LogP contribution in [0.15, 0.2) is 18.2 Å². The minimum Gasteiger partial charge on any atom is -0.397 e. The van der Waals surface area contributed by atoms with Crippen molar-refractivity contribution in [1.82, 2.24) is 9.80 Å². The first kappa shape index (κ1) is 14.3. The number of halogens is 1. The summed E-state index contributed by atoms with van der Waals surface area (Å²) in [5.41, 5.74) is 6.29. The number of nitrogens with zero attached hydrogens (tertiary/aromatic N) is 2. The van der Waals surface area contributed by atoms with Crippen LogP contribution >= 0.6 is 11.3 Å². The van der Waals surface area contributed by atoms with Crippen molar-refractivity contribution in [2.75, 3.05) is 38.5 Å². The molecule has 1 aliphatic heterocycles. The lowest BCUT2D eigenvalue weighted by atomic mass is 10.2. The molecule has 2 N–H and O–H groups in total. The molecule has 4 nitrogen and oxygen atoms in total. The highest BCUT2D eigenvalue weighted by atomic mass is 32.1. The minimum atomic E-state index is -0.365. The SMILES string of the molecule is CCN1CCN(C(=O)c2sc3cccc(F)c3c2N)CC1. The van der Waals surface area contributed by atoms with Gasteiger partial charge in [-0.1, -0.05) is 13.0 Å². The summed E-state index contributed by atoms with van der Waals surface area (Å²) < 4.78 is 14.6. The maximum absolute atomic E-state index is 13.9. The number of nitrogens with two attached hydrogens (primary N) is 1. The number of carbonyl (C=O) groups excluding carboxylic acids is 1. The topological polar surface area (TPSA) is 49.6 Å². The molecule has 0 unspecified atom stereocenters. The van der Waals surface area contributed by atoms with Crippen molar-refractivity contribution >= 4 is 33.0 Å². The Bertz CT molecular complexity index is 677. The van der Waals surface area contributed by atoms with Crippen LogP contribution in [0.4, 0.5) is 10.1 Å². The average Bonchev–Trinajstić information content (AvgIpc) is 2.85. The molecule has 3 rings (SSSR count). The lowest BCUT2D eigenvalue weighted by molar-refractivity contribution is 0.0649. The number of hydrogen-bond acceptors (Lipinski definition) is 4. The van der Waals surface area contributed by atoms with Crippen molar-refractivity contribution in [2.24, 2.45) is 0 Å². The van der Waals surface area contributed by atoms with Gasteiger partial charge in [0.15, 0.2) is 0 Å². The molecule has 1 aromatic heterocycles. The summed E-state index contributed by atoms with van der Waals surface area (Å²) in [6.45, 7) is 6.26. The molecular formula is C15H18FN3OS. The number of rotatable bonds is 2. The Hall–Kier alpha value is -1.66. The highest BCUT2D eigenvalue weighted by Crippen LogP contribution is 2.36. The second kappa shape index (κ2) is 5.61. The molecule has 112 valence electrons. The summed E-state index contributed by atoms with van der Waals surface area (Å²) in [6.07, 6.45) is 0. The van der Waals surface area contributed by atoms with Gasteiger partial charge in [0.25, 0.3) is 5.91 Å². The first-order valence-corrected chi connectivity index (χ1v) is 7.91. The molecule has 21 heavy (non-hydrogen) atoms. The van der Waals surface area contributed by atoms with Gasteiger partial charge in [0, 0.05) is 30.9 Å². The fraction of sp³-hybridized carbons (Fsp3) is 0.400. The zero-order valence-electron chi connectivity index (χ0n) is 11.9. The van der Waals surface area contributed by atoms with Crippen LogP contribution in [0.3, 0.4) is 0 Å². The Labute approximate surface area is 126 Å². The van der Waals surface area contributed by atoms with E-state index in [0.29, 0.717) is 23.4 Å². The van der Waals surface area contributed by atoms with Crippen LogP contribution in [0, 0.1) is 5.82 Å². The quantitative estimate of drug-likeness (QED) is 0.927. The third-order valence-electron chi connectivity index (χ3n) is 4.00. The largest absolute Gasteiger partial charge is 0.397 e. The average molecular weight is 307 g/mol. The van der Waals surface area contributed by atoms with Crippen LogP contribution in [0.2, 0.25) is 0 Å². The smallest absolute Gasteiger partial charge is 0.266 e. The van der Waals surface area contributed by atoms with Gasteiger partial charge in [0.2, 0.25) is 0 Å². The van der Waals surface area contributed by atoms with Crippen LogP contribution in [0.5, 0.6) is 0 Å². The Kier molecular flexibility index (Phi) is 3.82. The molecule has 6 heteroatoms. The molecule has 1 saturated heterocycles.